The van der Waals surface area contributed by atoms with Crippen molar-refractivity contribution in [1.82, 2.24) is 0 Å². The zero-order chi connectivity index (χ0) is 11.4. The predicted octanol–water partition coefficient (Wildman–Crippen LogP) is 0.562. The number of aliphatic hydroxyl groups excluding tert-OH is 2. The lowest BCUT2D eigenvalue weighted by Gasteiger charge is -2.03. The van der Waals surface area contributed by atoms with Gasteiger partial charge in [0.25, 0.3) is 0 Å². The van der Waals surface area contributed by atoms with Gasteiger partial charge in [-0.3, -0.25) is 0 Å². The minimum atomic E-state index is -0.940. The number of hydrogen-bond acceptors (Lipinski definition) is 4. The van der Waals surface area contributed by atoms with Crippen molar-refractivity contribution >= 4 is 0 Å². The molecule has 0 aliphatic carbocycles. The fourth-order valence-electron chi connectivity index (χ4n) is 0.423. The monoisotopic (exact) mass is 232 g/mol. The van der Waals surface area contributed by atoms with Crippen molar-refractivity contribution in [3.8, 4) is 0 Å². The Morgan fingerprint density at radius 2 is 1.73 bits per heavy atom. The molecule has 6 heteroatoms. The zero-order valence-electron chi connectivity index (χ0n) is 8.45. The summed E-state index contributed by atoms with van der Waals surface area (Å²) in [6, 6.07) is 0. The summed E-state index contributed by atoms with van der Waals surface area (Å²) in [5.74, 6) is 0. The largest absolute Gasteiger partial charge is 0.394 e. The fraction of sp³-hybridized carbons (Fsp3) is 1.00. The highest BCUT2D eigenvalue weighted by atomic mass is 19.1. The number of ether oxygens (including phenoxy) is 2. The van der Waals surface area contributed by atoms with Crippen LogP contribution in [0.2, 0.25) is 0 Å². The summed E-state index contributed by atoms with van der Waals surface area (Å²) in [6.07, 6.45) is -1.56. The number of halogens is 2. The van der Waals surface area contributed by atoms with Gasteiger partial charge in [0.2, 0.25) is 0 Å². The van der Waals surface area contributed by atoms with E-state index in [1.165, 1.54) is 14.2 Å². The van der Waals surface area contributed by atoms with Crippen LogP contribution in [0.1, 0.15) is 7.43 Å². The predicted molar refractivity (Wildman–Crippen MR) is 54.4 cm³/mol. The lowest BCUT2D eigenvalue weighted by atomic mass is 10.4. The van der Waals surface area contributed by atoms with Crippen LogP contribution in [0.5, 0.6) is 0 Å². The van der Waals surface area contributed by atoms with Gasteiger partial charge >= 0.3 is 0 Å². The van der Waals surface area contributed by atoms with Gasteiger partial charge in [-0.15, -0.1) is 0 Å². The van der Waals surface area contributed by atoms with E-state index >= 15 is 0 Å². The number of methoxy groups -OCH3 is 2. The van der Waals surface area contributed by atoms with Gasteiger partial charge in [-0.25, -0.2) is 8.78 Å². The molecule has 0 bridgehead atoms. The average Bonchev–Trinajstić information content (AvgIpc) is 2.22. The van der Waals surface area contributed by atoms with Crippen molar-refractivity contribution in [1.29, 1.82) is 0 Å². The first-order valence-corrected chi connectivity index (χ1v) is 4.08. The van der Waals surface area contributed by atoms with E-state index < -0.39 is 25.6 Å². The van der Waals surface area contributed by atoms with Crippen LogP contribution in [0.4, 0.5) is 8.78 Å². The number of hydrogen-bond donors (Lipinski definition) is 2. The Hall–Kier alpha value is -0.300. The van der Waals surface area contributed by atoms with Gasteiger partial charge in [-0.2, -0.15) is 0 Å². The second-order valence-electron chi connectivity index (χ2n) is 2.46. The Bertz CT molecular complexity index is 96.6. The molecule has 0 heterocycles. The van der Waals surface area contributed by atoms with Gasteiger partial charge in [-0.05, 0) is 0 Å². The van der Waals surface area contributed by atoms with Gasteiger partial charge in [0.15, 0.2) is 0 Å². The van der Waals surface area contributed by atoms with Crippen LogP contribution in [-0.2, 0) is 9.47 Å². The third-order valence-electron chi connectivity index (χ3n) is 1.25. The molecule has 96 valence electrons. The van der Waals surface area contributed by atoms with Gasteiger partial charge in [0, 0.05) is 14.2 Å². The quantitative estimate of drug-likeness (QED) is 0.702. The summed E-state index contributed by atoms with van der Waals surface area (Å²) in [7, 11) is 2.78. The summed E-state index contributed by atoms with van der Waals surface area (Å²) < 4.78 is 31.4. The average molecular weight is 232 g/mol. The van der Waals surface area contributed by atoms with E-state index in [-0.39, 0.29) is 20.6 Å². The molecule has 4 nitrogen and oxygen atoms in total. The molecule has 15 heavy (non-hydrogen) atoms. The standard InChI is InChI=1S/2C4H9FO2.CH4/c1-7-3-4(6)2-5;1-7-4(2-5)3-6;/h2*4,6H,2-3H2,1H3;1H4. The van der Waals surface area contributed by atoms with Crippen LogP contribution in [0.15, 0.2) is 0 Å². The van der Waals surface area contributed by atoms with Gasteiger partial charge in [0.05, 0.1) is 13.2 Å². The summed E-state index contributed by atoms with van der Waals surface area (Å²) in [6.45, 7) is -1.51. The van der Waals surface area contributed by atoms with Crippen LogP contribution in [0, 0.1) is 0 Å². The first kappa shape index (κ1) is 20.2. The normalized spacial score (nSPS) is 13.2. The molecule has 0 saturated carbocycles. The molecule has 0 rings (SSSR count). The van der Waals surface area contributed by atoms with Gasteiger partial charge in [-0.1, -0.05) is 7.43 Å². The van der Waals surface area contributed by atoms with Gasteiger partial charge < -0.3 is 19.7 Å². The second kappa shape index (κ2) is 16.1. The Balaban J connectivity index is -0.000000180. The van der Waals surface area contributed by atoms with E-state index in [2.05, 4.69) is 9.47 Å². The van der Waals surface area contributed by atoms with Gasteiger partial charge in [0.1, 0.15) is 25.6 Å². The van der Waals surface area contributed by atoms with E-state index in [1.54, 1.807) is 0 Å². The van der Waals surface area contributed by atoms with Crippen LogP contribution in [0.25, 0.3) is 0 Å². The van der Waals surface area contributed by atoms with Crippen LogP contribution < -0.4 is 0 Å². The maximum Gasteiger partial charge on any atom is 0.118 e. The molecule has 2 atom stereocenters. The topological polar surface area (TPSA) is 58.9 Å². The Morgan fingerprint density at radius 1 is 1.20 bits per heavy atom. The molecular weight excluding hydrogens is 210 g/mol. The van der Waals surface area contributed by atoms with Crippen molar-refractivity contribution in [3.63, 3.8) is 0 Å². The molecule has 0 fully saturated rings. The molecule has 0 aromatic carbocycles. The molecular formula is C9H22F2O4. The van der Waals surface area contributed by atoms with E-state index in [0.717, 1.165) is 0 Å². The van der Waals surface area contributed by atoms with Crippen LogP contribution >= 0.6 is 0 Å². The Labute approximate surface area is 89.8 Å². The zero-order valence-corrected chi connectivity index (χ0v) is 8.45. The Morgan fingerprint density at radius 3 is 1.80 bits per heavy atom. The summed E-state index contributed by atoms with van der Waals surface area (Å²) in [4.78, 5) is 0. The molecule has 2 N–H and O–H groups in total. The summed E-state index contributed by atoms with van der Waals surface area (Å²) >= 11 is 0. The minimum absolute atomic E-state index is 0. The molecule has 0 saturated heterocycles. The smallest absolute Gasteiger partial charge is 0.118 e. The molecule has 0 aliphatic heterocycles. The van der Waals surface area contributed by atoms with E-state index in [1.807, 2.05) is 0 Å². The van der Waals surface area contributed by atoms with Crippen LogP contribution in [0.3, 0.4) is 0 Å². The maximum atomic E-state index is 11.4. The molecule has 0 spiro atoms. The molecule has 0 radical (unpaired) electrons. The Kier molecular flexibility index (Phi) is 21.7. The van der Waals surface area contributed by atoms with Crippen molar-refractivity contribution < 1.29 is 28.5 Å². The molecule has 0 aliphatic rings. The number of aliphatic hydroxyl groups is 2. The molecule has 0 aromatic heterocycles. The first-order valence-electron chi connectivity index (χ1n) is 4.08. The third kappa shape index (κ3) is 16.4. The van der Waals surface area contributed by atoms with Crippen molar-refractivity contribution in [2.75, 3.05) is 40.8 Å². The fourth-order valence-corrected chi connectivity index (χ4v) is 0.423. The second-order valence-corrected chi connectivity index (χ2v) is 2.46. The molecule has 2 unspecified atom stereocenters. The van der Waals surface area contributed by atoms with Crippen molar-refractivity contribution in [2.24, 2.45) is 0 Å². The highest BCUT2D eigenvalue weighted by molar-refractivity contribution is 4.48. The summed E-state index contributed by atoms with van der Waals surface area (Å²) in [5.41, 5.74) is 0. The lowest BCUT2D eigenvalue weighted by Crippen LogP contribution is -2.17. The molecule has 0 aromatic rings. The van der Waals surface area contributed by atoms with E-state index in [9.17, 15) is 8.78 Å². The third-order valence-corrected chi connectivity index (χ3v) is 1.25. The minimum Gasteiger partial charge on any atom is -0.394 e. The summed E-state index contributed by atoms with van der Waals surface area (Å²) in [5, 5.41) is 16.5. The van der Waals surface area contributed by atoms with Crippen molar-refractivity contribution in [2.45, 2.75) is 19.6 Å². The van der Waals surface area contributed by atoms with Crippen LogP contribution in [-0.4, -0.2) is 63.2 Å². The number of alkyl halides is 2. The van der Waals surface area contributed by atoms with E-state index in [4.69, 9.17) is 10.2 Å². The first-order chi connectivity index (χ1) is 6.65. The lowest BCUT2D eigenvalue weighted by molar-refractivity contribution is 0.0320. The molecule has 0 amide bonds. The highest BCUT2D eigenvalue weighted by Gasteiger charge is 2.00. The highest BCUT2D eigenvalue weighted by Crippen LogP contribution is 1.86. The SMILES string of the molecule is C.COC(CO)CF.COCC(O)CF. The van der Waals surface area contributed by atoms with Crippen molar-refractivity contribution in [3.05, 3.63) is 0 Å². The maximum absolute atomic E-state index is 11.4. The van der Waals surface area contributed by atoms with E-state index in [0.29, 0.717) is 0 Å². The number of rotatable bonds is 6.